The molecular weight excluding hydrogens is 248 g/mol. The highest BCUT2D eigenvalue weighted by Crippen LogP contribution is 2.36. The molecule has 0 amide bonds. The number of hydrogen-bond acceptors (Lipinski definition) is 3. The van der Waals surface area contributed by atoms with Gasteiger partial charge < -0.3 is 4.90 Å². The maximum absolute atomic E-state index is 12.1. The fourth-order valence-corrected chi connectivity index (χ4v) is 3.66. The van der Waals surface area contributed by atoms with Gasteiger partial charge in [-0.3, -0.25) is 4.79 Å². The molecule has 1 heterocycles. The highest BCUT2D eigenvalue weighted by molar-refractivity contribution is 5.84. The molecule has 1 saturated heterocycles. The van der Waals surface area contributed by atoms with E-state index in [1.165, 1.54) is 18.5 Å². The van der Waals surface area contributed by atoms with Gasteiger partial charge in [0.2, 0.25) is 0 Å². The van der Waals surface area contributed by atoms with Crippen molar-refractivity contribution >= 4 is 11.5 Å². The molecule has 0 aromatic heterocycles. The van der Waals surface area contributed by atoms with Crippen LogP contribution in [0.25, 0.3) is 0 Å². The van der Waals surface area contributed by atoms with E-state index in [4.69, 9.17) is 5.26 Å². The van der Waals surface area contributed by atoms with Crippen LogP contribution < -0.4 is 4.90 Å². The van der Waals surface area contributed by atoms with Crippen molar-refractivity contribution in [3.8, 4) is 6.07 Å². The first-order chi connectivity index (χ1) is 9.79. The van der Waals surface area contributed by atoms with E-state index in [9.17, 15) is 4.79 Å². The molecule has 3 rings (SSSR count). The van der Waals surface area contributed by atoms with Crippen LogP contribution >= 0.6 is 0 Å². The Bertz CT molecular complexity index is 529. The van der Waals surface area contributed by atoms with E-state index in [0.29, 0.717) is 24.7 Å². The zero-order valence-electron chi connectivity index (χ0n) is 11.7. The third-order valence-electron chi connectivity index (χ3n) is 4.69. The molecule has 1 aliphatic heterocycles. The zero-order valence-corrected chi connectivity index (χ0v) is 11.7. The zero-order chi connectivity index (χ0) is 13.9. The largest absolute Gasteiger partial charge is 0.367 e. The van der Waals surface area contributed by atoms with Crippen LogP contribution in [-0.2, 0) is 11.2 Å². The second-order valence-corrected chi connectivity index (χ2v) is 5.87. The van der Waals surface area contributed by atoms with E-state index in [0.717, 1.165) is 24.9 Å². The number of Topliss-reactive ketones (excluding diaryl/α,β-unsaturated/α-hetero) is 1. The molecule has 0 spiro atoms. The Morgan fingerprint density at radius 2 is 1.95 bits per heavy atom. The molecule has 1 aliphatic carbocycles. The average Bonchev–Trinajstić information content (AvgIpc) is 2.49. The number of benzene rings is 1. The van der Waals surface area contributed by atoms with Crippen molar-refractivity contribution < 1.29 is 4.79 Å². The molecule has 3 heteroatoms. The minimum atomic E-state index is 0.247. The van der Waals surface area contributed by atoms with E-state index in [2.05, 4.69) is 23.1 Å². The lowest BCUT2D eigenvalue weighted by Crippen LogP contribution is -2.51. The summed E-state index contributed by atoms with van der Waals surface area (Å²) in [4.78, 5) is 14.5. The Labute approximate surface area is 120 Å². The highest BCUT2D eigenvalue weighted by Gasteiger charge is 2.38. The minimum Gasteiger partial charge on any atom is -0.367 e. The van der Waals surface area contributed by atoms with Gasteiger partial charge in [0.05, 0.1) is 12.5 Å². The summed E-state index contributed by atoms with van der Waals surface area (Å²) in [7, 11) is 0. The highest BCUT2D eigenvalue weighted by atomic mass is 16.1. The molecular formula is C17H20N2O. The molecule has 20 heavy (non-hydrogen) atoms. The summed E-state index contributed by atoms with van der Waals surface area (Å²) in [5.41, 5.74) is 2.26. The Morgan fingerprint density at radius 1 is 1.20 bits per heavy atom. The fourth-order valence-electron chi connectivity index (χ4n) is 3.66. The SMILES string of the molecule is N#CCc1ccc(N2CCC(=O)[C@@H]3CCCC[C@@H]32)cc1. The third kappa shape index (κ3) is 2.43. The maximum atomic E-state index is 12.1. The number of ketones is 1. The molecule has 0 bridgehead atoms. The van der Waals surface area contributed by atoms with Crippen molar-refractivity contribution in [2.45, 2.75) is 44.6 Å². The predicted octanol–water partition coefficient (Wildman–Crippen LogP) is 3.09. The number of anilines is 1. The van der Waals surface area contributed by atoms with Crippen LogP contribution in [-0.4, -0.2) is 18.4 Å². The van der Waals surface area contributed by atoms with Crippen molar-refractivity contribution in [1.29, 1.82) is 5.26 Å². The van der Waals surface area contributed by atoms with Gasteiger partial charge in [0, 0.05) is 30.6 Å². The number of hydrogen-bond donors (Lipinski definition) is 0. The molecule has 0 radical (unpaired) electrons. The Hall–Kier alpha value is -1.82. The van der Waals surface area contributed by atoms with Crippen molar-refractivity contribution in [2.24, 2.45) is 5.92 Å². The van der Waals surface area contributed by atoms with Gasteiger partial charge in [-0.2, -0.15) is 5.26 Å². The summed E-state index contributed by atoms with van der Waals surface area (Å²) >= 11 is 0. The van der Waals surface area contributed by atoms with Crippen LogP contribution in [0.15, 0.2) is 24.3 Å². The molecule has 1 saturated carbocycles. The lowest BCUT2D eigenvalue weighted by atomic mass is 9.77. The topological polar surface area (TPSA) is 44.1 Å². The van der Waals surface area contributed by atoms with E-state index in [1.54, 1.807) is 0 Å². The van der Waals surface area contributed by atoms with Gasteiger partial charge in [0.15, 0.2) is 0 Å². The molecule has 0 unspecified atom stereocenters. The Balaban J connectivity index is 1.81. The molecule has 3 nitrogen and oxygen atoms in total. The molecule has 0 N–H and O–H groups in total. The number of piperidine rings is 1. The standard InChI is InChI=1S/C17H20N2O/c18-11-9-13-5-7-14(8-6-13)19-12-10-17(20)15-3-1-2-4-16(15)19/h5-8,15-16H,1-4,9-10,12H2/t15-,16+/m1/s1. The smallest absolute Gasteiger partial charge is 0.139 e. The number of fused-ring (bicyclic) bond motifs is 1. The molecule has 2 fully saturated rings. The first-order valence-corrected chi connectivity index (χ1v) is 7.55. The quantitative estimate of drug-likeness (QED) is 0.828. The van der Waals surface area contributed by atoms with Crippen molar-refractivity contribution in [3.63, 3.8) is 0 Å². The minimum absolute atomic E-state index is 0.247. The van der Waals surface area contributed by atoms with Crippen LogP contribution in [0.4, 0.5) is 5.69 Å². The second-order valence-electron chi connectivity index (χ2n) is 5.87. The first kappa shape index (κ1) is 13.2. The molecule has 1 aromatic rings. The van der Waals surface area contributed by atoms with E-state index in [1.807, 2.05) is 12.1 Å². The molecule has 2 aliphatic rings. The Kier molecular flexibility index (Phi) is 3.73. The van der Waals surface area contributed by atoms with Gasteiger partial charge in [-0.25, -0.2) is 0 Å². The number of carbonyl (C=O) groups is 1. The number of nitrogens with zero attached hydrogens (tertiary/aromatic N) is 2. The maximum Gasteiger partial charge on any atom is 0.139 e. The fraction of sp³-hybridized carbons (Fsp3) is 0.529. The second kappa shape index (κ2) is 5.66. The Morgan fingerprint density at radius 3 is 2.70 bits per heavy atom. The van der Waals surface area contributed by atoms with E-state index >= 15 is 0 Å². The third-order valence-corrected chi connectivity index (χ3v) is 4.69. The molecule has 1 aromatic carbocycles. The summed E-state index contributed by atoms with van der Waals surface area (Å²) in [5, 5.41) is 8.72. The summed E-state index contributed by atoms with van der Waals surface area (Å²) in [6, 6.07) is 10.9. The average molecular weight is 268 g/mol. The summed E-state index contributed by atoms with van der Waals surface area (Å²) in [6.07, 6.45) is 5.77. The van der Waals surface area contributed by atoms with Crippen molar-refractivity contribution in [2.75, 3.05) is 11.4 Å². The summed E-state index contributed by atoms with van der Waals surface area (Å²) in [6.45, 7) is 0.845. The normalized spacial score (nSPS) is 25.9. The summed E-state index contributed by atoms with van der Waals surface area (Å²) < 4.78 is 0. The lowest BCUT2D eigenvalue weighted by molar-refractivity contribution is -0.125. The van der Waals surface area contributed by atoms with Gasteiger partial charge in [-0.05, 0) is 30.5 Å². The van der Waals surface area contributed by atoms with Crippen LogP contribution in [0, 0.1) is 17.2 Å². The van der Waals surface area contributed by atoms with Crippen LogP contribution in [0.5, 0.6) is 0 Å². The van der Waals surface area contributed by atoms with Crippen LogP contribution in [0.1, 0.15) is 37.7 Å². The van der Waals surface area contributed by atoms with Crippen molar-refractivity contribution in [1.82, 2.24) is 0 Å². The van der Waals surface area contributed by atoms with Crippen LogP contribution in [0.3, 0.4) is 0 Å². The number of carbonyl (C=O) groups excluding carboxylic acids is 1. The van der Waals surface area contributed by atoms with Gasteiger partial charge in [0.25, 0.3) is 0 Å². The van der Waals surface area contributed by atoms with Gasteiger partial charge in [-0.1, -0.05) is 25.0 Å². The lowest BCUT2D eigenvalue weighted by Gasteiger charge is -2.44. The van der Waals surface area contributed by atoms with E-state index in [-0.39, 0.29) is 5.92 Å². The first-order valence-electron chi connectivity index (χ1n) is 7.55. The van der Waals surface area contributed by atoms with Gasteiger partial charge in [-0.15, -0.1) is 0 Å². The van der Waals surface area contributed by atoms with Crippen LogP contribution in [0.2, 0.25) is 0 Å². The molecule has 104 valence electrons. The van der Waals surface area contributed by atoms with Gasteiger partial charge >= 0.3 is 0 Å². The monoisotopic (exact) mass is 268 g/mol. The molecule has 2 atom stereocenters. The number of nitriles is 1. The number of rotatable bonds is 2. The predicted molar refractivity (Wildman–Crippen MR) is 78.5 cm³/mol. The van der Waals surface area contributed by atoms with Gasteiger partial charge in [0.1, 0.15) is 5.78 Å². The van der Waals surface area contributed by atoms with E-state index < -0.39 is 0 Å². The van der Waals surface area contributed by atoms with Crippen molar-refractivity contribution in [3.05, 3.63) is 29.8 Å². The summed E-state index contributed by atoms with van der Waals surface area (Å²) in [5.74, 6) is 0.711.